The molecule has 1 heterocycles. The number of aliphatic hydroxyl groups is 1. The van der Waals surface area contributed by atoms with E-state index in [1.54, 1.807) is 12.1 Å². The Labute approximate surface area is 346 Å². The number of hydrogen-bond acceptors (Lipinski definition) is 7. The highest BCUT2D eigenvalue weighted by atomic mass is 35.5. The summed E-state index contributed by atoms with van der Waals surface area (Å²) in [5.74, 6) is -2.12. The van der Waals surface area contributed by atoms with E-state index in [9.17, 15) is 19.5 Å². The summed E-state index contributed by atoms with van der Waals surface area (Å²) in [4.78, 5) is 37.7. The zero-order chi connectivity index (χ0) is 39.2. The number of hydrogen-bond donors (Lipinski definition) is 2. The summed E-state index contributed by atoms with van der Waals surface area (Å²) in [5.41, 5.74) is 4.97. The molecule has 10 heteroatoms. The molecule has 2 aromatic carbocycles. The van der Waals surface area contributed by atoms with Crippen LogP contribution < -0.4 is 5.32 Å². The van der Waals surface area contributed by atoms with Crippen molar-refractivity contribution in [2.75, 3.05) is 19.5 Å². The van der Waals surface area contributed by atoms with Crippen molar-refractivity contribution >= 4 is 58.7 Å². The van der Waals surface area contributed by atoms with E-state index < -0.39 is 33.4 Å². The predicted molar refractivity (Wildman–Crippen MR) is 223 cm³/mol. The van der Waals surface area contributed by atoms with Crippen LogP contribution in [0.5, 0.6) is 0 Å². The van der Waals surface area contributed by atoms with Gasteiger partial charge in [-0.2, -0.15) is 0 Å². The first-order valence-corrected chi connectivity index (χ1v) is 20.5. The van der Waals surface area contributed by atoms with Crippen LogP contribution >= 0.6 is 35.6 Å². The Morgan fingerprint density at radius 1 is 1.00 bits per heavy atom. The second-order valence-corrected chi connectivity index (χ2v) is 17.3. The van der Waals surface area contributed by atoms with Crippen LogP contribution in [-0.4, -0.2) is 58.7 Å². The van der Waals surface area contributed by atoms with E-state index in [4.69, 9.17) is 32.4 Å². The Morgan fingerprint density at radius 2 is 1.66 bits per heavy atom. The van der Waals surface area contributed by atoms with Crippen LogP contribution in [0.3, 0.4) is 0 Å². The van der Waals surface area contributed by atoms with Gasteiger partial charge in [-0.1, -0.05) is 87.0 Å². The molecule has 0 unspecified atom stereocenters. The van der Waals surface area contributed by atoms with E-state index in [2.05, 4.69) is 59.9 Å². The van der Waals surface area contributed by atoms with Crippen LogP contribution in [0, 0.1) is 28.6 Å². The molecule has 8 rings (SSSR count). The van der Waals surface area contributed by atoms with E-state index in [0.717, 1.165) is 31.4 Å². The molecule has 0 saturated heterocycles. The zero-order valence-corrected chi connectivity index (χ0v) is 34.8. The molecule has 7 nitrogen and oxygen atoms in total. The van der Waals surface area contributed by atoms with Gasteiger partial charge in [0.15, 0.2) is 17.2 Å². The molecule has 0 amide bonds. The summed E-state index contributed by atoms with van der Waals surface area (Å²) in [7, 11) is 2.01. The number of alkyl halides is 2. The zero-order valence-electron chi connectivity index (χ0n) is 32.5. The minimum atomic E-state index is -1.53. The number of nitrogens with one attached hydrogen (secondary N) is 1. The standard InChI is InChI=1S/C27H30Cl2O6.C19H21N.ClH/c1-15-11-19-18-7-6-16-12-17(30)8-9-24(16,2)26(18,29)21(31)13-25(19,3)27(15,22(32)14-28)35-23(33)20-5-4-10-34-20;1-20-14-6-11-19-17-9-4-2-7-15(17)12-13-16-8-3-5-10-18(16)19;/h4-5,8-10,12,15,18-19,21,31H,6-7,11,13-14H2,1-3H3;2-5,7-11,20H,6,12-14H2,1H3;1H/t15-,18+,19+,21+,24+,25+,26+,27+;;/m1../s1. The molecule has 3 saturated carbocycles. The van der Waals surface area contributed by atoms with Gasteiger partial charge in [0.2, 0.25) is 5.76 Å². The van der Waals surface area contributed by atoms with Gasteiger partial charge in [-0.15, -0.1) is 35.6 Å². The van der Waals surface area contributed by atoms with Gasteiger partial charge in [0.05, 0.1) is 23.1 Å². The van der Waals surface area contributed by atoms with Crippen molar-refractivity contribution in [1.82, 2.24) is 5.32 Å². The molecule has 0 aliphatic heterocycles. The minimum Gasteiger partial charge on any atom is -0.457 e. The summed E-state index contributed by atoms with van der Waals surface area (Å²) in [6, 6.07) is 20.8. The molecule has 298 valence electrons. The highest BCUT2D eigenvalue weighted by Crippen LogP contribution is 2.72. The van der Waals surface area contributed by atoms with Crippen molar-refractivity contribution in [3.05, 3.63) is 125 Å². The molecule has 1 aromatic heterocycles. The average Bonchev–Trinajstić information content (AvgIpc) is 3.75. The first-order valence-electron chi connectivity index (χ1n) is 19.5. The number of esters is 1. The Hall–Kier alpha value is -3.46. The maximum atomic E-state index is 13.6. The normalized spacial score (nSPS) is 32.4. The molecule has 3 aromatic rings. The van der Waals surface area contributed by atoms with Crippen LogP contribution in [0.25, 0.3) is 5.57 Å². The predicted octanol–water partition coefficient (Wildman–Crippen LogP) is 9.12. The molecule has 3 fully saturated rings. The van der Waals surface area contributed by atoms with Crippen molar-refractivity contribution in [1.29, 1.82) is 0 Å². The van der Waals surface area contributed by atoms with Crippen molar-refractivity contribution in [3.8, 4) is 0 Å². The number of carbonyl (C=O) groups excluding carboxylic acids is 3. The molecule has 2 N–H and O–H groups in total. The van der Waals surface area contributed by atoms with Gasteiger partial charge in [-0.3, -0.25) is 9.59 Å². The monoisotopic (exact) mass is 819 g/mol. The molecule has 56 heavy (non-hydrogen) atoms. The number of furan rings is 1. The lowest BCUT2D eigenvalue weighted by Gasteiger charge is -2.64. The molecular weight excluding hydrogens is 769 g/mol. The number of Topliss-reactive ketones (excluding diaryl/α,β-unsaturated/α-hetero) is 1. The Balaban J connectivity index is 0.000000215. The Kier molecular flexibility index (Phi) is 12.4. The molecule has 8 atom stereocenters. The molecule has 0 radical (unpaired) electrons. The number of aryl methyl sites for hydroxylation is 2. The maximum Gasteiger partial charge on any atom is 0.375 e. The van der Waals surface area contributed by atoms with Crippen molar-refractivity contribution < 1.29 is 28.6 Å². The van der Waals surface area contributed by atoms with Crippen LogP contribution in [0.1, 0.15) is 85.7 Å². The number of halogens is 3. The number of ketones is 2. The molecular formula is C46H52Cl3NO6. The fourth-order valence-corrected chi connectivity index (χ4v) is 11.8. The maximum absolute atomic E-state index is 13.6. The first kappa shape index (κ1) is 42.2. The van der Waals surface area contributed by atoms with Gasteiger partial charge >= 0.3 is 5.97 Å². The highest BCUT2D eigenvalue weighted by molar-refractivity contribution is 6.29. The van der Waals surface area contributed by atoms with Crippen LogP contribution in [-0.2, 0) is 27.2 Å². The summed E-state index contributed by atoms with van der Waals surface area (Å²) >= 11 is 13.6. The topological polar surface area (TPSA) is 106 Å². The summed E-state index contributed by atoms with van der Waals surface area (Å²) < 4.78 is 11.3. The van der Waals surface area contributed by atoms with E-state index in [1.165, 1.54) is 46.2 Å². The third-order valence-electron chi connectivity index (χ3n) is 13.7. The van der Waals surface area contributed by atoms with E-state index in [0.29, 0.717) is 19.3 Å². The van der Waals surface area contributed by atoms with Crippen molar-refractivity contribution in [3.63, 3.8) is 0 Å². The van der Waals surface area contributed by atoms with E-state index in [-0.39, 0.29) is 59.8 Å². The third-order valence-corrected chi connectivity index (χ3v) is 14.9. The fourth-order valence-electron chi connectivity index (χ4n) is 11.1. The first-order chi connectivity index (χ1) is 26.4. The lowest BCUT2D eigenvalue weighted by Crippen LogP contribution is -2.69. The quantitative estimate of drug-likeness (QED) is 0.139. The summed E-state index contributed by atoms with van der Waals surface area (Å²) in [5, 5.41) is 15.0. The molecule has 0 spiro atoms. The highest BCUT2D eigenvalue weighted by Gasteiger charge is 2.76. The van der Waals surface area contributed by atoms with E-state index in [1.807, 2.05) is 33.9 Å². The number of rotatable bonds is 7. The molecule has 0 bridgehead atoms. The second kappa shape index (κ2) is 16.4. The lowest BCUT2D eigenvalue weighted by molar-refractivity contribution is -0.177. The van der Waals surface area contributed by atoms with Gasteiger partial charge in [-0.05, 0) is 122 Å². The van der Waals surface area contributed by atoms with Gasteiger partial charge in [-0.25, -0.2) is 4.79 Å². The molecule has 5 aliphatic carbocycles. The Bertz CT molecular complexity index is 2010. The minimum absolute atomic E-state index is 0. The largest absolute Gasteiger partial charge is 0.457 e. The number of ether oxygens (including phenoxy) is 1. The Morgan fingerprint density at radius 3 is 2.27 bits per heavy atom. The SMILES string of the molecule is CNCCC=C1c2ccccc2CCc2ccccc21.C[C@@H]1C[C@H]2[C@@H]3CCC4=CC(=O)C=C[C@]4(C)[C@@]3(Cl)[C@@H](O)C[C@]2(C)[C@@]1(OC(=O)c1ccco1)C(=O)CCl.Cl. The number of aliphatic hydroxyl groups excluding tert-OH is 1. The number of carbonyl (C=O) groups is 3. The van der Waals surface area contributed by atoms with Gasteiger partial charge in [0.25, 0.3) is 0 Å². The average molecular weight is 821 g/mol. The van der Waals surface area contributed by atoms with Gasteiger partial charge < -0.3 is 19.6 Å². The van der Waals surface area contributed by atoms with Gasteiger partial charge in [0.1, 0.15) is 0 Å². The number of allylic oxidation sites excluding steroid dienone is 4. The summed E-state index contributed by atoms with van der Waals surface area (Å²) in [6.07, 6.45) is 13.2. The molecule has 5 aliphatic rings. The van der Waals surface area contributed by atoms with Crippen LogP contribution in [0.4, 0.5) is 0 Å². The van der Waals surface area contributed by atoms with Crippen molar-refractivity contribution in [2.45, 2.75) is 82.3 Å². The second-order valence-electron chi connectivity index (χ2n) is 16.4. The van der Waals surface area contributed by atoms with Gasteiger partial charge in [0, 0.05) is 16.7 Å². The fraction of sp³-hybridized carbons (Fsp3) is 0.457. The number of fused-ring (bicyclic) bond motifs is 7. The lowest BCUT2D eigenvalue weighted by atomic mass is 9.45. The van der Waals surface area contributed by atoms with Crippen molar-refractivity contribution in [2.24, 2.45) is 28.6 Å². The van der Waals surface area contributed by atoms with E-state index >= 15 is 0 Å². The number of benzene rings is 2. The third kappa shape index (κ3) is 6.65. The van der Waals surface area contributed by atoms with Crippen LogP contribution in [0.2, 0.25) is 0 Å². The smallest absolute Gasteiger partial charge is 0.375 e. The summed E-state index contributed by atoms with van der Waals surface area (Å²) in [6.45, 7) is 6.84. The van der Waals surface area contributed by atoms with Crippen LogP contribution in [0.15, 0.2) is 101 Å².